The number of amides is 2. The molecule has 1 heterocycles. The van der Waals surface area contributed by atoms with E-state index < -0.39 is 0 Å². The van der Waals surface area contributed by atoms with Crippen LogP contribution in [0.15, 0.2) is 18.2 Å². The average Bonchev–Trinajstić information content (AvgIpc) is 2.23. The van der Waals surface area contributed by atoms with E-state index in [0.29, 0.717) is 30.5 Å². The Morgan fingerprint density at radius 1 is 1.19 bits per heavy atom. The van der Waals surface area contributed by atoms with Gasteiger partial charge >= 0.3 is 0 Å². The molecule has 1 saturated heterocycles. The highest BCUT2D eigenvalue weighted by Crippen LogP contribution is 2.26. The number of phenols is 1. The SMILES string of the molecule is Cc1cc(N2C(=O)CCCC2=O)ccc1O. The van der Waals surface area contributed by atoms with Crippen molar-refractivity contribution < 1.29 is 14.7 Å². The third-order valence-electron chi connectivity index (χ3n) is 2.72. The lowest BCUT2D eigenvalue weighted by Crippen LogP contribution is -2.40. The number of piperidine rings is 1. The predicted octanol–water partition coefficient (Wildman–Crippen LogP) is 1.74. The molecular formula is C12H13NO3. The zero-order valence-corrected chi connectivity index (χ0v) is 9.06. The van der Waals surface area contributed by atoms with Crippen molar-refractivity contribution in [2.75, 3.05) is 4.90 Å². The van der Waals surface area contributed by atoms with Gasteiger partial charge in [0, 0.05) is 12.8 Å². The number of nitrogens with zero attached hydrogens (tertiary/aromatic N) is 1. The van der Waals surface area contributed by atoms with Crippen molar-refractivity contribution in [3.63, 3.8) is 0 Å². The summed E-state index contributed by atoms with van der Waals surface area (Å²) in [6.07, 6.45) is 1.45. The van der Waals surface area contributed by atoms with Gasteiger partial charge in [-0.3, -0.25) is 14.5 Å². The van der Waals surface area contributed by atoms with Crippen LogP contribution in [0.2, 0.25) is 0 Å². The highest BCUT2D eigenvalue weighted by molar-refractivity contribution is 6.16. The Balaban J connectivity index is 2.38. The molecule has 0 aliphatic carbocycles. The maximum absolute atomic E-state index is 11.6. The van der Waals surface area contributed by atoms with Crippen LogP contribution in [0, 0.1) is 6.92 Å². The number of phenolic OH excluding ortho intramolecular Hbond substituents is 1. The van der Waals surface area contributed by atoms with Crippen molar-refractivity contribution in [2.24, 2.45) is 0 Å². The number of benzene rings is 1. The molecule has 4 nitrogen and oxygen atoms in total. The molecule has 2 rings (SSSR count). The van der Waals surface area contributed by atoms with Crippen LogP contribution >= 0.6 is 0 Å². The van der Waals surface area contributed by atoms with Crippen molar-refractivity contribution in [3.8, 4) is 5.75 Å². The van der Waals surface area contributed by atoms with Crippen LogP contribution in [0.1, 0.15) is 24.8 Å². The molecule has 16 heavy (non-hydrogen) atoms. The second kappa shape index (κ2) is 3.96. The van der Waals surface area contributed by atoms with Crippen LogP contribution in [0.3, 0.4) is 0 Å². The molecule has 0 aromatic heterocycles. The van der Waals surface area contributed by atoms with Crippen LogP contribution in [0.5, 0.6) is 5.75 Å². The largest absolute Gasteiger partial charge is 0.508 e. The van der Waals surface area contributed by atoms with E-state index in [4.69, 9.17) is 0 Å². The number of aromatic hydroxyl groups is 1. The van der Waals surface area contributed by atoms with Crippen LogP contribution in [0.4, 0.5) is 5.69 Å². The topological polar surface area (TPSA) is 57.6 Å². The van der Waals surface area contributed by atoms with Crippen molar-refractivity contribution in [1.29, 1.82) is 0 Å². The van der Waals surface area contributed by atoms with Gasteiger partial charge in [-0.2, -0.15) is 0 Å². The van der Waals surface area contributed by atoms with Crippen LogP contribution < -0.4 is 4.90 Å². The molecule has 0 radical (unpaired) electrons. The molecule has 1 fully saturated rings. The lowest BCUT2D eigenvalue weighted by Gasteiger charge is -2.25. The third kappa shape index (κ3) is 1.78. The summed E-state index contributed by atoms with van der Waals surface area (Å²) in [5, 5.41) is 9.39. The van der Waals surface area contributed by atoms with Crippen molar-refractivity contribution in [3.05, 3.63) is 23.8 Å². The number of anilines is 1. The molecule has 0 atom stereocenters. The summed E-state index contributed by atoms with van der Waals surface area (Å²) >= 11 is 0. The normalized spacial score (nSPS) is 16.7. The summed E-state index contributed by atoms with van der Waals surface area (Å²) < 4.78 is 0. The quantitative estimate of drug-likeness (QED) is 0.732. The van der Waals surface area contributed by atoms with Gasteiger partial charge in [-0.15, -0.1) is 0 Å². The van der Waals surface area contributed by atoms with E-state index in [9.17, 15) is 14.7 Å². The van der Waals surface area contributed by atoms with Gasteiger partial charge in [-0.25, -0.2) is 0 Å². The lowest BCUT2D eigenvalue weighted by atomic mass is 10.1. The first-order valence-corrected chi connectivity index (χ1v) is 5.25. The Morgan fingerprint density at radius 3 is 2.38 bits per heavy atom. The average molecular weight is 219 g/mol. The summed E-state index contributed by atoms with van der Waals surface area (Å²) in [7, 11) is 0. The molecule has 84 valence electrons. The number of rotatable bonds is 1. The fourth-order valence-corrected chi connectivity index (χ4v) is 1.82. The van der Waals surface area contributed by atoms with E-state index in [1.54, 1.807) is 19.1 Å². The van der Waals surface area contributed by atoms with Gasteiger partial charge in [0.2, 0.25) is 11.8 Å². The Hall–Kier alpha value is -1.84. The Labute approximate surface area is 93.5 Å². The molecule has 4 heteroatoms. The van der Waals surface area contributed by atoms with E-state index >= 15 is 0 Å². The van der Waals surface area contributed by atoms with Gasteiger partial charge in [0.05, 0.1) is 5.69 Å². The second-order valence-electron chi connectivity index (χ2n) is 3.95. The molecule has 0 bridgehead atoms. The number of carbonyl (C=O) groups excluding carboxylic acids is 2. The highest BCUT2D eigenvalue weighted by atomic mass is 16.3. The van der Waals surface area contributed by atoms with Gasteiger partial charge < -0.3 is 5.11 Å². The number of carbonyl (C=O) groups is 2. The van der Waals surface area contributed by atoms with Crippen molar-refractivity contribution in [2.45, 2.75) is 26.2 Å². The third-order valence-corrected chi connectivity index (χ3v) is 2.72. The van der Waals surface area contributed by atoms with Crippen LogP contribution in [0.25, 0.3) is 0 Å². The van der Waals surface area contributed by atoms with E-state index in [1.165, 1.54) is 11.0 Å². The molecule has 1 aromatic rings. The summed E-state index contributed by atoms with van der Waals surface area (Å²) in [5.41, 5.74) is 1.20. The minimum atomic E-state index is -0.165. The summed E-state index contributed by atoms with van der Waals surface area (Å²) in [6.45, 7) is 1.73. The zero-order chi connectivity index (χ0) is 11.7. The smallest absolute Gasteiger partial charge is 0.233 e. The van der Waals surface area contributed by atoms with Crippen molar-refractivity contribution >= 4 is 17.5 Å². The summed E-state index contributed by atoms with van der Waals surface area (Å²) in [6, 6.07) is 4.74. The van der Waals surface area contributed by atoms with Crippen LogP contribution in [-0.2, 0) is 9.59 Å². The minimum Gasteiger partial charge on any atom is -0.508 e. The monoisotopic (exact) mass is 219 g/mol. The predicted molar refractivity (Wildman–Crippen MR) is 59.2 cm³/mol. The maximum atomic E-state index is 11.6. The van der Waals surface area contributed by atoms with Gasteiger partial charge in [0.25, 0.3) is 0 Å². The zero-order valence-electron chi connectivity index (χ0n) is 9.06. The first-order valence-electron chi connectivity index (χ1n) is 5.25. The van der Waals surface area contributed by atoms with Crippen molar-refractivity contribution in [1.82, 2.24) is 0 Å². The molecular weight excluding hydrogens is 206 g/mol. The Bertz CT molecular complexity index is 438. The first kappa shape index (κ1) is 10.7. The second-order valence-corrected chi connectivity index (χ2v) is 3.95. The van der Waals surface area contributed by atoms with Gasteiger partial charge in [0.15, 0.2) is 0 Å². The molecule has 1 aromatic carbocycles. The highest BCUT2D eigenvalue weighted by Gasteiger charge is 2.27. The maximum Gasteiger partial charge on any atom is 0.233 e. The van der Waals surface area contributed by atoms with E-state index in [1.807, 2.05) is 0 Å². The van der Waals surface area contributed by atoms with Gasteiger partial charge in [-0.05, 0) is 37.1 Å². The molecule has 1 aliphatic heterocycles. The minimum absolute atomic E-state index is 0.165. The Morgan fingerprint density at radius 2 is 1.81 bits per heavy atom. The van der Waals surface area contributed by atoms with E-state index in [2.05, 4.69) is 0 Å². The molecule has 1 N–H and O–H groups in total. The molecule has 0 unspecified atom stereocenters. The summed E-state index contributed by atoms with van der Waals surface area (Å²) in [5.74, 6) is -0.164. The number of hydrogen-bond donors (Lipinski definition) is 1. The fourth-order valence-electron chi connectivity index (χ4n) is 1.82. The molecule has 0 spiro atoms. The van der Waals surface area contributed by atoms with E-state index in [-0.39, 0.29) is 17.6 Å². The first-order chi connectivity index (χ1) is 7.59. The van der Waals surface area contributed by atoms with Gasteiger partial charge in [0.1, 0.15) is 5.75 Å². The number of hydrogen-bond acceptors (Lipinski definition) is 3. The molecule has 0 saturated carbocycles. The lowest BCUT2D eigenvalue weighted by molar-refractivity contribution is -0.129. The number of aryl methyl sites for hydroxylation is 1. The summed E-state index contributed by atoms with van der Waals surface area (Å²) in [4.78, 5) is 24.5. The van der Waals surface area contributed by atoms with Crippen LogP contribution in [-0.4, -0.2) is 16.9 Å². The van der Waals surface area contributed by atoms with E-state index in [0.717, 1.165) is 0 Å². The van der Waals surface area contributed by atoms with Gasteiger partial charge in [-0.1, -0.05) is 0 Å². The Kier molecular flexibility index (Phi) is 2.64. The standard InChI is InChI=1S/C12H13NO3/c1-8-7-9(5-6-10(8)14)13-11(15)3-2-4-12(13)16/h5-7,14H,2-4H2,1H3. The molecule has 1 aliphatic rings. The number of imide groups is 1. The fraction of sp³-hybridized carbons (Fsp3) is 0.333. The molecule has 2 amide bonds.